The summed E-state index contributed by atoms with van der Waals surface area (Å²) in [7, 11) is 0. The summed E-state index contributed by atoms with van der Waals surface area (Å²) in [6, 6.07) is 24.7. The Hall–Kier alpha value is -4.11. The summed E-state index contributed by atoms with van der Waals surface area (Å²) in [6.07, 6.45) is 0. The second kappa shape index (κ2) is 7.87. The maximum absolute atomic E-state index is 12.2. The van der Waals surface area contributed by atoms with Crippen LogP contribution in [0.4, 0.5) is 0 Å². The molecule has 1 aliphatic heterocycles. The highest BCUT2D eigenvalue weighted by molar-refractivity contribution is 5.96. The van der Waals surface area contributed by atoms with Gasteiger partial charge >= 0.3 is 0 Å². The minimum Gasteiger partial charge on any atom is -0.484 e. The van der Waals surface area contributed by atoms with Crippen molar-refractivity contribution in [3.8, 4) is 22.9 Å². The van der Waals surface area contributed by atoms with Crippen LogP contribution in [0.2, 0.25) is 0 Å². The monoisotopic (exact) mass is 383 g/mol. The van der Waals surface area contributed by atoms with Gasteiger partial charge in [-0.2, -0.15) is 15.4 Å². The zero-order chi connectivity index (χ0) is 20.2. The standard InChI is InChI=1S/C23H18N4O2/c24-13-16-5-7-17(8-6-16)18-9-11-20(12-10-18)29-15-22(28)26-27-14-19-3-1-2-4-21(19)23(27)25/h1-12,25H,14-15H2,(H,26,28)/p+1. The summed E-state index contributed by atoms with van der Waals surface area (Å²) >= 11 is 0. The molecule has 0 unspecified atom stereocenters. The lowest BCUT2D eigenvalue weighted by atomic mass is 10.0. The van der Waals surface area contributed by atoms with Gasteiger partial charge < -0.3 is 4.74 Å². The van der Waals surface area contributed by atoms with Crippen molar-refractivity contribution in [3.05, 3.63) is 89.5 Å². The molecular formula is C23H19N4O2+. The fraction of sp³-hybridized carbons (Fsp3) is 0.0870. The fourth-order valence-electron chi connectivity index (χ4n) is 3.22. The van der Waals surface area contributed by atoms with Gasteiger partial charge in [0.1, 0.15) is 12.3 Å². The SMILES string of the molecule is N#Cc1ccc(-c2ccc(OCC(=O)N[N+]3=C(N)c4ccccc4C3)cc2)cc1. The van der Waals surface area contributed by atoms with Crippen molar-refractivity contribution >= 4 is 11.7 Å². The molecule has 4 rings (SSSR count). The molecule has 1 amide bonds. The van der Waals surface area contributed by atoms with Crippen LogP contribution in [-0.4, -0.2) is 23.0 Å². The number of carbonyl (C=O) groups is 1. The minimum atomic E-state index is -0.281. The highest BCUT2D eigenvalue weighted by Crippen LogP contribution is 2.22. The third kappa shape index (κ3) is 3.94. The van der Waals surface area contributed by atoms with Gasteiger partial charge in [0.25, 0.3) is 11.7 Å². The van der Waals surface area contributed by atoms with Crippen LogP contribution in [0.5, 0.6) is 5.75 Å². The first kappa shape index (κ1) is 18.3. The van der Waals surface area contributed by atoms with Gasteiger partial charge in [-0.15, -0.1) is 0 Å². The molecule has 0 saturated heterocycles. The van der Waals surface area contributed by atoms with Crippen LogP contribution in [0, 0.1) is 11.3 Å². The number of hydrazine groups is 1. The third-order valence-electron chi connectivity index (χ3n) is 4.74. The van der Waals surface area contributed by atoms with Gasteiger partial charge in [0.05, 0.1) is 17.2 Å². The van der Waals surface area contributed by atoms with Crippen LogP contribution in [0.15, 0.2) is 72.8 Å². The average molecular weight is 383 g/mol. The molecule has 0 aliphatic carbocycles. The highest BCUT2D eigenvalue weighted by Gasteiger charge is 2.25. The van der Waals surface area contributed by atoms with E-state index in [0.717, 1.165) is 22.3 Å². The zero-order valence-electron chi connectivity index (χ0n) is 15.6. The Balaban J connectivity index is 1.34. The van der Waals surface area contributed by atoms with E-state index in [2.05, 4.69) is 11.5 Å². The molecule has 6 heteroatoms. The van der Waals surface area contributed by atoms with Crippen LogP contribution in [0.25, 0.3) is 11.1 Å². The van der Waals surface area contributed by atoms with Gasteiger partial charge in [-0.05, 0) is 41.5 Å². The number of ether oxygens (including phenoxy) is 1. The van der Waals surface area contributed by atoms with Gasteiger partial charge in [0.2, 0.25) is 0 Å². The maximum atomic E-state index is 12.2. The molecule has 0 atom stereocenters. The molecule has 3 aromatic carbocycles. The number of hydrogen-bond donors (Lipinski definition) is 2. The number of nitrogens with one attached hydrogen (secondary N) is 1. The van der Waals surface area contributed by atoms with E-state index in [-0.39, 0.29) is 12.5 Å². The molecular weight excluding hydrogens is 364 g/mol. The second-order valence-electron chi connectivity index (χ2n) is 6.67. The van der Waals surface area contributed by atoms with Gasteiger partial charge in [-0.25, -0.2) is 0 Å². The lowest BCUT2D eigenvalue weighted by molar-refractivity contribution is -0.586. The summed E-state index contributed by atoms with van der Waals surface area (Å²) in [5, 5.41) is 8.88. The predicted molar refractivity (Wildman–Crippen MR) is 109 cm³/mol. The molecule has 1 heterocycles. The number of rotatable bonds is 5. The van der Waals surface area contributed by atoms with Crippen LogP contribution in [0.1, 0.15) is 16.7 Å². The largest absolute Gasteiger partial charge is 0.484 e. The molecule has 6 nitrogen and oxygen atoms in total. The Morgan fingerprint density at radius 3 is 2.34 bits per heavy atom. The summed E-state index contributed by atoms with van der Waals surface area (Å²) < 4.78 is 7.22. The van der Waals surface area contributed by atoms with E-state index in [4.69, 9.17) is 15.7 Å². The number of amidine groups is 1. The van der Waals surface area contributed by atoms with Crippen molar-refractivity contribution in [2.75, 3.05) is 6.61 Å². The van der Waals surface area contributed by atoms with Gasteiger partial charge in [0.15, 0.2) is 6.61 Å². The number of benzene rings is 3. The van der Waals surface area contributed by atoms with Crippen molar-refractivity contribution < 1.29 is 14.2 Å². The van der Waals surface area contributed by atoms with Gasteiger partial charge in [-0.3, -0.25) is 10.5 Å². The van der Waals surface area contributed by atoms with Crippen molar-refractivity contribution in [1.29, 1.82) is 5.26 Å². The molecule has 0 aromatic heterocycles. The molecule has 0 spiro atoms. The topological polar surface area (TPSA) is 91.1 Å². The number of amides is 1. The van der Waals surface area contributed by atoms with Gasteiger partial charge in [-0.1, -0.05) is 42.5 Å². The average Bonchev–Trinajstić information content (AvgIpc) is 3.08. The Labute approximate surface area is 168 Å². The van der Waals surface area contributed by atoms with Crippen molar-refractivity contribution in [1.82, 2.24) is 5.43 Å². The van der Waals surface area contributed by atoms with E-state index in [0.29, 0.717) is 23.7 Å². The molecule has 0 radical (unpaired) electrons. The maximum Gasteiger partial charge on any atom is 0.299 e. The van der Waals surface area contributed by atoms with E-state index in [1.807, 2.05) is 60.7 Å². The molecule has 3 N–H and O–H groups in total. The number of nitriles is 1. The van der Waals surface area contributed by atoms with Crippen molar-refractivity contribution in [3.63, 3.8) is 0 Å². The van der Waals surface area contributed by atoms with Crippen molar-refractivity contribution in [2.45, 2.75) is 6.54 Å². The third-order valence-corrected chi connectivity index (χ3v) is 4.74. The van der Waals surface area contributed by atoms with Crippen molar-refractivity contribution in [2.24, 2.45) is 5.73 Å². The predicted octanol–water partition coefficient (Wildman–Crippen LogP) is 2.57. The lowest BCUT2D eigenvalue weighted by Gasteiger charge is -2.08. The Morgan fingerprint density at radius 1 is 1.03 bits per heavy atom. The molecule has 0 saturated carbocycles. The number of hydrogen-bond acceptors (Lipinski definition) is 4. The minimum absolute atomic E-state index is 0.115. The van der Waals surface area contributed by atoms with E-state index in [1.54, 1.807) is 16.8 Å². The fourth-order valence-corrected chi connectivity index (χ4v) is 3.22. The summed E-state index contributed by atoms with van der Waals surface area (Å²) in [4.78, 5) is 12.2. The Bertz CT molecular complexity index is 1130. The number of fused-ring (bicyclic) bond motifs is 1. The first-order valence-corrected chi connectivity index (χ1v) is 9.15. The molecule has 0 fully saturated rings. The molecule has 0 bridgehead atoms. The number of carbonyl (C=O) groups excluding carboxylic acids is 1. The zero-order valence-corrected chi connectivity index (χ0v) is 15.6. The quantitative estimate of drug-likeness (QED) is 0.663. The van der Waals surface area contributed by atoms with E-state index in [1.165, 1.54) is 0 Å². The van der Waals surface area contributed by atoms with E-state index < -0.39 is 0 Å². The molecule has 142 valence electrons. The van der Waals surface area contributed by atoms with Crippen LogP contribution in [0.3, 0.4) is 0 Å². The summed E-state index contributed by atoms with van der Waals surface area (Å²) in [5.41, 5.74) is 13.5. The van der Waals surface area contributed by atoms with Crippen LogP contribution >= 0.6 is 0 Å². The number of hydrazone groups is 1. The Kier molecular flexibility index (Phi) is 4.95. The number of nitrogens with zero attached hydrogens (tertiary/aromatic N) is 2. The second-order valence-corrected chi connectivity index (χ2v) is 6.67. The molecule has 29 heavy (non-hydrogen) atoms. The lowest BCUT2D eigenvalue weighted by Crippen LogP contribution is -2.40. The summed E-state index contributed by atoms with van der Waals surface area (Å²) in [6.45, 7) is 0.420. The highest BCUT2D eigenvalue weighted by atomic mass is 16.5. The smallest absolute Gasteiger partial charge is 0.299 e. The molecule has 3 aromatic rings. The normalized spacial score (nSPS) is 12.2. The van der Waals surface area contributed by atoms with E-state index in [9.17, 15) is 4.79 Å². The first-order chi connectivity index (χ1) is 14.1. The Morgan fingerprint density at radius 2 is 1.69 bits per heavy atom. The first-order valence-electron chi connectivity index (χ1n) is 9.15. The van der Waals surface area contributed by atoms with Crippen LogP contribution < -0.4 is 15.9 Å². The van der Waals surface area contributed by atoms with E-state index >= 15 is 0 Å². The van der Waals surface area contributed by atoms with Gasteiger partial charge in [0, 0.05) is 5.56 Å². The number of nitrogens with two attached hydrogens (primary N) is 1. The van der Waals surface area contributed by atoms with Crippen LogP contribution in [-0.2, 0) is 11.3 Å². The summed E-state index contributed by atoms with van der Waals surface area (Å²) in [5.74, 6) is 0.844. The molecule has 1 aliphatic rings.